The Morgan fingerprint density at radius 3 is 2.48 bits per heavy atom. The highest BCUT2D eigenvalue weighted by molar-refractivity contribution is 5.98. The smallest absolute Gasteiger partial charge is 0.267 e. The zero-order valence-electron chi connectivity index (χ0n) is 12.2. The van der Waals surface area contributed by atoms with Crippen LogP contribution < -0.4 is 5.32 Å². The van der Waals surface area contributed by atoms with Crippen molar-refractivity contribution in [2.75, 3.05) is 0 Å². The number of rotatable bonds is 3. The lowest BCUT2D eigenvalue weighted by Gasteiger charge is -2.04. The molecule has 0 unspecified atom stereocenters. The molecular formula is C18H18N2O. The Kier molecular flexibility index (Phi) is 3.48. The number of benzene rings is 2. The molecule has 0 aliphatic heterocycles. The molecule has 1 amide bonds. The van der Waals surface area contributed by atoms with Gasteiger partial charge in [0.15, 0.2) is 0 Å². The summed E-state index contributed by atoms with van der Waals surface area (Å²) in [6.45, 7) is 4.63. The molecule has 0 saturated carbocycles. The number of hydrogen-bond acceptors (Lipinski definition) is 1. The van der Waals surface area contributed by atoms with Gasteiger partial charge in [0.05, 0.1) is 0 Å². The highest BCUT2D eigenvalue weighted by Gasteiger charge is 2.09. The highest BCUT2D eigenvalue weighted by Crippen LogP contribution is 2.17. The molecular weight excluding hydrogens is 260 g/mol. The summed E-state index contributed by atoms with van der Waals surface area (Å²) < 4.78 is 0. The Morgan fingerprint density at radius 1 is 1.00 bits per heavy atom. The SMILES string of the molecule is Cc1ccc(CNC(=O)c2cc3cc(C)ccc3[nH]2)cc1. The molecule has 2 N–H and O–H groups in total. The Labute approximate surface area is 124 Å². The number of fused-ring (bicyclic) bond motifs is 1. The van der Waals surface area contributed by atoms with Crippen molar-refractivity contribution >= 4 is 16.8 Å². The minimum absolute atomic E-state index is 0.0792. The van der Waals surface area contributed by atoms with Gasteiger partial charge in [0.2, 0.25) is 0 Å². The lowest BCUT2D eigenvalue weighted by molar-refractivity contribution is 0.0947. The van der Waals surface area contributed by atoms with Crippen molar-refractivity contribution in [3.05, 3.63) is 70.9 Å². The van der Waals surface area contributed by atoms with Crippen molar-refractivity contribution in [3.63, 3.8) is 0 Å². The van der Waals surface area contributed by atoms with Crippen molar-refractivity contribution in [3.8, 4) is 0 Å². The number of carbonyl (C=O) groups excluding carboxylic acids is 1. The van der Waals surface area contributed by atoms with Crippen molar-refractivity contribution < 1.29 is 4.79 Å². The molecule has 0 radical (unpaired) electrons. The van der Waals surface area contributed by atoms with Crippen LogP contribution in [-0.2, 0) is 6.54 Å². The average molecular weight is 278 g/mol. The summed E-state index contributed by atoms with van der Waals surface area (Å²) in [6, 6.07) is 16.2. The summed E-state index contributed by atoms with van der Waals surface area (Å²) in [4.78, 5) is 15.4. The topological polar surface area (TPSA) is 44.9 Å². The zero-order chi connectivity index (χ0) is 14.8. The second-order valence-corrected chi connectivity index (χ2v) is 5.44. The van der Waals surface area contributed by atoms with Gasteiger partial charge in [-0.05, 0) is 37.6 Å². The minimum Gasteiger partial charge on any atom is -0.351 e. The molecule has 3 heteroatoms. The summed E-state index contributed by atoms with van der Waals surface area (Å²) in [5, 5.41) is 4.01. The van der Waals surface area contributed by atoms with E-state index in [9.17, 15) is 4.79 Å². The van der Waals surface area contributed by atoms with Crippen LogP contribution in [0.3, 0.4) is 0 Å². The van der Waals surface area contributed by atoms with E-state index >= 15 is 0 Å². The molecule has 106 valence electrons. The van der Waals surface area contributed by atoms with E-state index in [0.717, 1.165) is 16.5 Å². The molecule has 2 aromatic carbocycles. The van der Waals surface area contributed by atoms with Crippen LogP contribution in [0, 0.1) is 13.8 Å². The zero-order valence-corrected chi connectivity index (χ0v) is 12.2. The van der Waals surface area contributed by atoms with Gasteiger partial charge in [0.25, 0.3) is 5.91 Å². The molecule has 0 aliphatic rings. The van der Waals surface area contributed by atoms with Crippen LogP contribution in [0.2, 0.25) is 0 Å². The quantitative estimate of drug-likeness (QED) is 0.753. The van der Waals surface area contributed by atoms with Crippen LogP contribution in [0.4, 0.5) is 0 Å². The van der Waals surface area contributed by atoms with Crippen molar-refractivity contribution in [1.82, 2.24) is 10.3 Å². The van der Waals surface area contributed by atoms with Crippen molar-refractivity contribution in [2.45, 2.75) is 20.4 Å². The third kappa shape index (κ3) is 2.97. The van der Waals surface area contributed by atoms with E-state index in [4.69, 9.17) is 0 Å². The van der Waals surface area contributed by atoms with Gasteiger partial charge in [-0.2, -0.15) is 0 Å². The molecule has 0 atom stereocenters. The van der Waals surface area contributed by atoms with Crippen LogP contribution in [-0.4, -0.2) is 10.9 Å². The van der Waals surface area contributed by atoms with Crippen molar-refractivity contribution in [1.29, 1.82) is 0 Å². The summed E-state index contributed by atoms with van der Waals surface area (Å²) >= 11 is 0. The Balaban J connectivity index is 1.73. The van der Waals surface area contributed by atoms with E-state index < -0.39 is 0 Å². The molecule has 0 aliphatic carbocycles. The summed E-state index contributed by atoms with van der Waals surface area (Å²) in [5.74, 6) is -0.0792. The molecule has 1 heterocycles. The molecule has 3 nitrogen and oxygen atoms in total. The first-order valence-electron chi connectivity index (χ1n) is 7.05. The molecule has 0 fully saturated rings. The van der Waals surface area contributed by atoms with Crippen molar-refractivity contribution in [2.24, 2.45) is 0 Å². The molecule has 21 heavy (non-hydrogen) atoms. The predicted octanol–water partition coefficient (Wildman–Crippen LogP) is 3.71. The predicted molar refractivity (Wildman–Crippen MR) is 85.4 cm³/mol. The average Bonchev–Trinajstić information content (AvgIpc) is 2.89. The fourth-order valence-corrected chi connectivity index (χ4v) is 2.36. The molecule has 0 bridgehead atoms. The minimum atomic E-state index is -0.0792. The maximum absolute atomic E-state index is 12.2. The van der Waals surface area contributed by atoms with Gasteiger partial charge >= 0.3 is 0 Å². The number of carbonyl (C=O) groups is 1. The Morgan fingerprint density at radius 2 is 1.71 bits per heavy atom. The number of aryl methyl sites for hydroxylation is 2. The highest BCUT2D eigenvalue weighted by atomic mass is 16.1. The number of aromatic amines is 1. The maximum Gasteiger partial charge on any atom is 0.267 e. The monoisotopic (exact) mass is 278 g/mol. The Bertz CT molecular complexity index is 785. The van der Waals surface area contributed by atoms with Gasteiger partial charge in [-0.3, -0.25) is 4.79 Å². The third-order valence-corrected chi connectivity index (χ3v) is 3.59. The van der Waals surface area contributed by atoms with Gasteiger partial charge in [-0.25, -0.2) is 0 Å². The fraction of sp³-hybridized carbons (Fsp3) is 0.167. The normalized spacial score (nSPS) is 10.8. The van der Waals surface area contributed by atoms with Crippen LogP contribution >= 0.6 is 0 Å². The van der Waals surface area contributed by atoms with E-state index in [1.807, 2.05) is 49.4 Å². The van der Waals surface area contributed by atoms with Crippen LogP contribution in [0.15, 0.2) is 48.5 Å². The number of H-pyrrole nitrogens is 1. The molecule has 1 aromatic heterocycles. The second-order valence-electron chi connectivity index (χ2n) is 5.44. The third-order valence-electron chi connectivity index (χ3n) is 3.59. The lowest BCUT2D eigenvalue weighted by Crippen LogP contribution is -2.23. The lowest BCUT2D eigenvalue weighted by atomic mass is 10.1. The number of aromatic nitrogens is 1. The molecule has 0 spiro atoms. The van der Waals surface area contributed by atoms with Gasteiger partial charge < -0.3 is 10.3 Å². The van der Waals surface area contributed by atoms with E-state index in [-0.39, 0.29) is 5.91 Å². The van der Waals surface area contributed by atoms with Gasteiger partial charge in [-0.15, -0.1) is 0 Å². The standard InChI is InChI=1S/C18H18N2O/c1-12-3-6-14(7-4-12)11-19-18(21)17-10-15-9-13(2)5-8-16(15)20-17/h3-10,20H,11H2,1-2H3,(H,19,21). The van der Waals surface area contributed by atoms with Crippen LogP contribution in [0.25, 0.3) is 10.9 Å². The number of amides is 1. The first-order chi connectivity index (χ1) is 10.1. The first-order valence-corrected chi connectivity index (χ1v) is 7.05. The maximum atomic E-state index is 12.2. The first kappa shape index (κ1) is 13.4. The number of hydrogen-bond donors (Lipinski definition) is 2. The second kappa shape index (κ2) is 5.44. The van der Waals surface area contributed by atoms with E-state index in [0.29, 0.717) is 12.2 Å². The summed E-state index contributed by atoms with van der Waals surface area (Å²) in [5.41, 5.74) is 5.09. The molecule has 0 saturated heterocycles. The molecule has 3 rings (SSSR count). The number of nitrogens with one attached hydrogen (secondary N) is 2. The van der Waals surface area contributed by atoms with Crippen LogP contribution in [0.5, 0.6) is 0 Å². The van der Waals surface area contributed by atoms with Gasteiger partial charge in [0, 0.05) is 17.4 Å². The van der Waals surface area contributed by atoms with E-state index in [1.54, 1.807) is 0 Å². The van der Waals surface area contributed by atoms with Gasteiger partial charge in [-0.1, -0.05) is 41.5 Å². The van der Waals surface area contributed by atoms with E-state index in [2.05, 4.69) is 23.3 Å². The van der Waals surface area contributed by atoms with E-state index in [1.165, 1.54) is 11.1 Å². The summed E-state index contributed by atoms with van der Waals surface area (Å²) in [7, 11) is 0. The largest absolute Gasteiger partial charge is 0.351 e. The van der Waals surface area contributed by atoms with Gasteiger partial charge in [0.1, 0.15) is 5.69 Å². The fourth-order valence-electron chi connectivity index (χ4n) is 2.36. The Hall–Kier alpha value is -2.55. The summed E-state index contributed by atoms with van der Waals surface area (Å²) in [6.07, 6.45) is 0. The molecule has 3 aromatic rings. The van der Waals surface area contributed by atoms with Crippen LogP contribution in [0.1, 0.15) is 27.2 Å².